The maximum atomic E-state index is 12.5. The average molecular weight is 324 g/mol. The molecule has 5 nitrogen and oxygen atoms in total. The molecule has 1 aromatic carbocycles. The van der Waals surface area contributed by atoms with E-state index >= 15 is 0 Å². The minimum Gasteiger partial charge on any atom is -0.350 e. The van der Waals surface area contributed by atoms with Crippen LogP contribution < -0.4 is 5.32 Å². The summed E-state index contributed by atoms with van der Waals surface area (Å²) in [6, 6.07) is 8.33. The third-order valence-corrected chi connectivity index (χ3v) is 4.41. The number of benzene rings is 1. The van der Waals surface area contributed by atoms with Crippen molar-refractivity contribution in [2.75, 3.05) is 18.4 Å². The standard InChI is InChI=1S/C19H24N4O/c1-14-5-7-16(8-6-14)10-20-19-21-11-17(12-22-19)18(24)23-9-3-4-15(2)13-23/h5-8,11-12,15H,3-4,9-10,13H2,1-2H3,(H,20,21,22). The number of aromatic nitrogens is 2. The molecule has 1 N–H and O–H groups in total. The molecule has 1 atom stereocenters. The van der Waals surface area contributed by atoms with Crippen molar-refractivity contribution >= 4 is 11.9 Å². The number of likely N-dealkylation sites (tertiary alicyclic amines) is 1. The minimum absolute atomic E-state index is 0.0339. The van der Waals surface area contributed by atoms with E-state index in [9.17, 15) is 4.79 Å². The number of hydrogen-bond donors (Lipinski definition) is 1. The van der Waals surface area contributed by atoms with Crippen LogP contribution in [0.5, 0.6) is 0 Å². The van der Waals surface area contributed by atoms with Crippen LogP contribution in [0.4, 0.5) is 5.95 Å². The molecule has 2 aromatic rings. The van der Waals surface area contributed by atoms with Gasteiger partial charge in [-0.25, -0.2) is 9.97 Å². The molecule has 3 rings (SSSR count). The molecule has 1 unspecified atom stereocenters. The number of rotatable bonds is 4. The fraction of sp³-hybridized carbons (Fsp3) is 0.421. The molecule has 1 fully saturated rings. The summed E-state index contributed by atoms with van der Waals surface area (Å²) in [6.45, 7) is 6.58. The maximum Gasteiger partial charge on any atom is 0.257 e. The Hall–Kier alpha value is -2.43. The van der Waals surface area contributed by atoms with E-state index in [4.69, 9.17) is 0 Å². The van der Waals surface area contributed by atoms with Crippen LogP contribution in [0, 0.1) is 12.8 Å². The summed E-state index contributed by atoms with van der Waals surface area (Å²) in [7, 11) is 0. The normalized spacial score (nSPS) is 17.6. The zero-order valence-corrected chi connectivity index (χ0v) is 14.3. The monoisotopic (exact) mass is 324 g/mol. The molecule has 24 heavy (non-hydrogen) atoms. The van der Waals surface area contributed by atoms with E-state index in [1.807, 2.05) is 4.90 Å². The lowest BCUT2D eigenvalue weighted by molar-refractivity contribution is 0.0682. The molecule has 0 radical (unpaired) electrons. The van der Waals surface area contributed by atoms with Gasteiger partial charge in [-0.05, 0) is 31.2 Å². The second-order valence-corrected chi connectivity index (χ2v) is 6.63. The van der Waals surface area contributed by atoms with Crippen LogP contribution in [0.25, 0.3) is 0 Å². The lowest BCUT2D eigenvalue weighted by Gasteiger charge is -2.30. The lowest BCUT2D eigenvalue weighted by Crippen LogP contribution is -2.39. The van der Waals surface area contributed by atoms with Crippen LogP contribution >= 0.6 is 0 Å². The molecule has 0 saturated carbocycles. The molecule has 0 bridgehead atoms. The Morgan fingerprint density at radius 1 is 1.25 bits per heavy atom. The number of nitrogens with one attached hydrogen (secondary N) is 1. The lowest BCUT2D eigenvalue weighted by atomic mass is 10.00. The smallest absolute Gasteiger partial charge is 0.257 e. The van der Waals surface area contributed by atoms with Crippen molar-refractivity contribution < 1.29 is 4.79 Å². The van der Waals surface area contributed by atoms with E-state index in [2.05, 4.69) is 53.4 Å². The van der Waals surface area contributed by atoms with E-state index in [-0.39, 0.29) is 5.91 Å². The van der Waals surface area contributed by atoms with Crippen LogP contribution in [0.1, 0.15) is 41.3 Å². The Morgan fingerprint density at radius 3 is 2.62 bits per heavy atom. The summed E-state index contributed by atoms with van der Waals surface area (Å²) < 4.78 is 0. The predicted molar refractivity (Wildman–Crippen MR) is 94.8 cm³/mol. The summed E-state index contributed by atoms with van der Waals surface area (Å²) in [6.07, 6.45) is 5.50. The van der Waals surface area contributed by atoms with Gasteiger partial charge in [-0.1, -0.05) is 36.8 Å². The fourth-order valence-corrected chi connectivity index (χ4v) is 2.97. The second kappa shape index (κ2) is 7.43. The summed E-state index contributed by atoms with van der Waals surface area (Å²) in [5, 5.41) is 3.19. The van der Waals surface area contributed by atoms with Gasteiger partial charge in [-0.3, -0.25) is 4.79 Å². The van der Waals surface area contributed by atoms with E-state index in [1.54, 1.807) is 12.4 Å². The first-order chi connectivity index (χ1) is 11.6. The summed E-state index contributed by atoms with van der Waals surface area (Å²) in [5.74, 6) is 1.14. The van der Waals surface area contributed by atoms with Gasteiger partial charge in [0.2, 0.25) is 5.95 Å². The largest absolute Gasteiger partial charge is 0.350 e. The number of carbonyl (C=O) groups excluding carboxylic acids is 1. The van der Waals surface area contributed by atoms with Crippen LogP contribution in [-0.2, 0) is 6.54 Å². The minimum atomic E-state index is 0.0339. The number of aryl methyl sites for hydroxylation is 1. The fourth-order valence-electron chi connectivity index (χ4n) is 2.97. The Kier molecular flexibility index (Phi) is 5.08. The number of piperidine rings is 1. The van der Waals surface area contributed by atoms with E-state index in [1.165, 1.54) is 17.5 Å². The number of anilines is 1. The molecule has 0 aliphatic carbocycles. The quantitative estimate of drug-likeness (QED) is 0.938. The zero-order valence-electron chi connectivity index (χ0n) is 14.3. The van der Waals surface area contributed by atoms with Gasteiger partial charge < -0.3 is 10.2 Å². The summed E-state index contributed by atoms with van der Waals surface area (Å²) >= 11 is 0. The van der Waals surface area contributed by atoms with E-state index < -0.39 is 0 Å². The van der Waals surface area contributed by atoms with Crippen molar-refractivity contribution in [3.8, 4) is 0 Å². The van der Waals surface area contributed by atoms with Crippen molar-refractivity contribution in [2.24, 2.45) is 5.92 Å². The predicted octanol–water partition coefficient (Wildman–Crippen LogP) is 3.27. The van der Waals surface area contributed by atoms with Gasteiger partial charge in [0, 0.05) is 32.0 Å². The zero-order chi connectivity index (χ0) is 16.9. The first-order valence-corrected chi connectivity index (χ1v) is 8.52. The van der Waals surface area contributed by atoms with Crippen molar-refractivity contribution in [1.82, 2.24) is 14.9 Å². The topological polar surface area (TPSA) is 58.1 Å². The molecule has 126 valence electrons. The van der Waals surface area contributed by atoms with E-state index in [0.29, 0.717) is 24.0 Å². The molecule has 1 aromatic heterocycles. The van der Waals surface area contributed by atoms with Gasteiger partial charge in [-0.15, -0.1) is 0 Å². The van der Waals surface area contributed by atoms with Gasteiger partial charge in [0.1, 0.15) is 0 Å². The van der Waals surface area contributed by atoms with Crippen LogP contribution in [-0.4, -0.2) is 33.9 Å². The van der Waals surface area contributed by atoms with Crippen molar-refractivity contribution in [3.63, 3.8) is 0 Å². The van der Waals surface area contributed by atoms with Crippen molar-refractivity contribution in [2.45, 2.75) is 33.2 Å². The van der Waals surface area contributed by atoms with Gasteiger partial charge in [-0.2, -0.15) is 0 Å². The van der Waals surface area contributed by atoms with Gasteiger partial charge >= 0.3 is 0 Å². The highest BCUT2D eigenvalue weighted by Gasteiger charge is 2.22. The van der Waals surface area contributed by atoms with Crippen LogP contribution in [0.15, 0.2) is 36.7 Å². The van der Waals surface area contributed by atoms with Crippen molar-refractivity contribution in [1.29, 1.82) is 0 Å². The molecular weight excluding hydrogens is 300 g/mol. The van der Waals surface area contributed by atoms with Crippen molar-refractivity contribution in [3.05, 3.63) is 53.3 Å². The molecule has 1 aliphatic rings. The third-order valence-electron chi connectivity index (χ3n) is 4.41. The number of amides is 1. The molecule has 5 heteroatoms. The van der Waals surface area contributed by atoms with Crippen LogP contribution in [0.3, 0.4) is 0 Å². The Morgan fingerprint density at radius 2 is 1.96 bits per heavy atom. The third kappa shape index (κ3) is 4.10. The molecule has 1 aliphatic heterocycles. The average Bonchev–Trinajstić information content (AvgIpc) is 2.61. The number of nitrogens with zero attached hydrogens (tertiary/aromatic N) is 3. The Bertz CT molecular complexity index is 682. The number of hydrogen-bond acceptors (Lipinski definition) is 4. The Labute approximate surface area is 143 Å². The highest BCUT2D eigenvalue weighted by atomic mass is 16.2. The van der Waals surface area contributed by atoms with Gasteiger partial charge in [0.25, 0.3) is 5.91 Å². The van der Waals surface area contributed by atoms with E-state index in [0.717, 1.165) is 19.5 Å². The highest BCUT2D eigenvalue weighted by molar-refractivity contribution is 5.93. The summed E-state index contributed by atoms with van der Waals surface area (Å²) in [4.78, 5) is 23.0. The first kappa shape index (κ1) is 16.4. The van der Waals surface area contributed by atoms with Gasteiger partial charge in [0.05, 0.1) is 5.56 Å². The van der Waals surface area contributed by atoms with Gasteiger partial charge in [0.15, 0.2) is 0 Å². The summed E-state index contributed by atoms with van der Waals surface area (Å²) in [5.41, 5.74) is 2.97. The number of carbonyl (C=O) groups is 1. The Balaban J connectivity index is 1.58. The molecule has 1 saturated heterocycles. The highest BCUT2D eigenvalue weighted by Crippen LogP contribution is 2.17. The maximum absolute atomic E-state index is 12.5. The van der Waals surface area contributed by atoms with Crippen LogP contribution in [0.2, 0.25) is 0 Å². The molecule has 1 amide bonds. The molecular formula is C19H24N4O. The first-order valence-electron chi connectivity index (χ1n) is 8.52. The SMILES string of the molecule is Cc1ccc(CNc2ncc(C(=O)N3CCCC(C)C3)cn2)cc1. The second-order valence-electron chi connectivity index (χ2n) is 6.63. The molecule has 0 spiro atoms. The molecule has 2 heterocycles.